The molecule has 0 bridgehead atoms. The molecule has 2 aliphatic heterocycles. The summed E-state index contributed by atoms with van der Waals surface area (Å²) < 4.78 is 11.1. The molecule has 9 nitrogen and oxygen atoms in total. The monoisotopic (exact) mass is 412 g/mol. The summed E-state index contributed by atoms with van der Waals surface area (Å²) in [5.74, 6) is 0.995. The number of morpholine rings is 1. The van der Waals surface area contributed by atoms with Gasteiger partial charge in [-0.05, 0) is 13.8 Å². The summed E-state index contributed by atoms with van der Waals surface area (Å²) in [4.78, 5) is 11.1. The van der Waals surface area contributed by atoms with Crippen molar-refractivity contribution in [3.05, 3.63) is 48.0 Å². The predicted molar refractivity (Wildman–Crippen MR) is 114 cm³/mol. The fourth-order valence-corrected chi connectivity index (χ4v) is 3.38. The normalized spacial score (nSPS) is 23.3. The zero-order chi connectivity index (χ0) is 21.0. The summed E-state index contributed by atoms with van der Waals surface area (Å²) >= 11 is 0. The summed E-state index contributed by atoms with van der Waals surface area (Å²) in [6, 6.07) is 2.35. The van der Waals surface area contributed by atoms with Gasteiger partial charge in [-0.1, -0.05) is 24.3 Å². The van der Waals surface area contributed by atoms with Crippen LogP contribution in [-0.4, -0.2) is 65.8 Å². The van der Waals surface area contributed by atoms with Crippen molar-refractivity contribution in [2.45, 2.75) is 25.5 Å². The predicted octanol–water partition coefficient (Wildman–Crippen LogP) is 0.942. The molecule has 0 amide bonds. The zero-order valence-electron chi connectivity index (χ0n) is 17.3. The molecule has 160 valence electrons. The Morgan fingerprint density at radius 1 is 1.33 bits per heavy atom. The van der Waals surface area contributed by atoms with Gasteiger partial charge in [0, 0.05) is 31.3 Å². The topological polar surface area (TPSA) is 104 Å². The molecular weight excluding hydrogens is 384 g/mol. The third kappa shape index (κ3) is 5.17. The Balaban J connectivity index is 1.48. The van der Waals surface area contributed by atoms with E-state index in [1.54, 1.807) is 20.1 Å². The third-order valence-corrected chi connectivity index (χ3v) is 4.92. The van der Waals surface area contributed by atoms with E-state index in [2.05, 4.69) is 42.9 Å². The quantitative estimate of drug-likeness (QED) is 0.449. The number of allylic oxidation sites excluding steroid dienone is 2. The second kappa shape index (κ2) is 8.85. The van der Waals surface area contributed by atoms with Crippen LogP contribution in [0.3, 0.4) is 0 Å². The molecule has 1 fully saturated rings. The maximum absolute atomic E-state index is 9.96. The number of hydrogen-bond acceptors (Lipinski definition) is 9. The van der Waals surface area contributed by atoms with Gasteiger partial charge in [0.25, 0.3) is 0 Å². The number of aliphatic hydroxyl groups is 1. The highest BCUT2D eigenvalue weighted by Crippen LogP contribution is 2.24. The van der Waals surface area contributed by atoms with Crippen molar-refractivity contribution in [1.82, 2.24) is 20.7 Å². The van der Waals surface area contributed by atoms with Crippen LogP contribution in [0.4, 0.5) is 5.82 Å². The number of hydrogen-bond donors (Lipinski definition) is 3. The number of rotatable bonds is 7. The molecule has 0 aromatic carbocycles. The number of ether oxygens (including phenoxy) is 2. The Hall–Kier alpha value is -2.91. The van der Waals surface area contributed by atoms with Gasteiger partial charge in [0.05, 0.1) is 42.5 Å². The number of hydrazone groups is 1. The molecular formula is C21H28N6O3. The molecule has 30 heavy (non-hydrogen) atoms. The van der Waals surface area contributed by atoms with Crippen molar-refractivity contribution in [3.8, 4) is 6.01 Å². The molecule has 3 N–H and O–H groups in total. The minimum atomic E-state index is -0.978. The second-order valence-electron chi connectivity index (χ2n) is 8.09. The lowest BCUT2D eigenvalue weighted by atomic mass is 9.95. The summed E-state index contributed by atoms with van der Waals surface area (Å²) in [6.45, 7) is 6.25. The maximum Gasteiger partial charge on any atom is 0.319 e. The van der Waals surface area contributed by atoms with Crippen molar-refractivity contribution < 1.29 is 14.6 Å². The maximum atomic E-state index is 9.96. The summed E-state index contributed by atoms with van der Waals surface area (Å²) in [7, 11) is 0. The molecule has 0 saturated carbocycles. The first-order chi connectivity index (χ1) is 14.5. The number of nitrogens with zero attached hydrogens (tertiary/aromatic N) is 4. The van der Waals surface area contributed by atoms with E-state index in [0.717, 1.165) is 24.6 Å². The van der Waals surface area contributed by atoms with Crippen molar-refractivity contribution in [3.63, 3.8) is 0 Å². The van der Waals surface area contributed by atoms with Gasteiger partial charge in [-0.25, -0.2) is 0 Å². The molecule has 2 atom stereocenters. The van der Waals surface area contributed by atoms with Gasteiger partial charge in [0.1, 0.15) is 12.4 Å². The van der Waals surface area contributed by atoms with Crippen LogP contribution in [0.25, 0.3) is 0 Å². The van der Waals surface area contributed by atoms with E-state index in [-0.39, 0.29) is 24.6 Å². The third-order valence-electron chi connectivity index (χ3n) is 4.92. The Kier molecular flexibility index (Phi) is 6.01. The average molecular weight is 412 g/mol. The van der Waals surface area contributed by atoms with Crippen LogP contribution in [0.2, 0.25) is 0 Å². The first-order valence-corrected chi connectivity index (χ1v) is 10.2. The standard InChI is InChI=1S/C21H28N6O3/c1-21(2,28)14-30-20-24-15(11-19(25-20)27-7-9-29-10-8-27)12-23-26-18-13-22-17-6-4-3-5-16(17)18/h3-6,11-13,16-17,22,26,28H,7-10,14H2,1-2H3/b23-12+. The molecule has 2 unspecified atom stereocenters. The Labute approximate surface area is 176 Å². The lowest BCUT2D eigenvalue weighted by Gasteiger charge is -2.28. The average Bonchev–Trinajstić information content (AvgIpc) is 3.16. The number of nitrogens with one attached hydrogen (secondary N) is 2. The van der Waals surface area contributed by atoms with E-state index in [1.807, 2.05) is 24.4 Å². The zero-order valence-corrected chi connectivity index (χ0v) is 17.3. The van der Waals surface area contributed by atoms with Gasteiger partial charge in [-0.3, -0.25) is 5.43 Å². The van der Waals surface area contributed by atoms with Gasteiger partial charge < -0.3 is 24.8 Å². The van der Waals surface area contributed by atoms with E-state index < -0.39 is 5.60 Å². The first kappa shape index (κ1) is 20.4. The Morgan fingerprint density at radius 3 is 2.93 bits per heavy atom. The van der Waals surface area contributed by atoms with Crippen molar-refractivity contribution in [2.75, 3.05) is 37.8 Å². The molecule has 3 aliphatic rings. The Morgan fingerprint density at radius 2 is 2.13 bits per heavy atom. The highest BCUT2D eigenvalue weighted by atomic mass is 16.5. The van der Waals surface area contributed by atoms with E-state index in [0.29, 0.717) is 18.9 Å². The fraction of sp³-hybridized carbons (Fsp3) is 0.476. The first-order valence-electron chi connectivity index (χ1n) is 10.2. The molecule has 0 radical (unpaired) electrons. The summed E-state index contributed by atoms with van der Waals surface area (Å²) in [5.41, 5.74) is 3.75. The summed E-state index contributed by atoms with van der Waals surface area (Å²) in [6.07, 6.45) is 12.0. The van der Waals surface area contributed by atoms with Gasteiger partial charge in [-0.2, -0.15) is 15.1 Å². The summed E-state index contributed by atoms with van der Waals surface area (Å²) in [5, 5.41) is 17.7. The molecule has 1 saturated heterocycles. The largest absolute Gasteiger partial charge is 0.460 e. The van der Waals surface area contributed by atoms with Crippen molar-refractivity contribution in [1.29, 1.82) is 0 Å². The lowest BCUT2D eigenvalue weighted by Crippen LogP contribution is -2.37. The van der Waals surface area contributed by atoms with Crippen LogP contribution >= 0.6 is 0 Å². The van der Waals surface area contributed by atoms with E-state index in [1.165, 1.54) is 0 Å². The number of anilines is 1. The lowest BCUT2D eigenvalue weighted by molar-refractivity contribution is 0.0250. The minimum Gasteiger partial charge on any atom is -0.460 e. The number of aromatic nitrogens is 2. The van der Waals surface area contributed by atoms with Gasteiger partial charge in [0.15, 0.2) is 0 Å². The minimum absolute atomic E-state index is 0.0931. The molecule has 9 heteroatoms. The molecule has 4 rings (SSSR count). The van der Waals surface area contributed by atoms with Crippen LogP contribution in [0, 0.1) is 5.92 Å². The van der Waals surface area contributed by atoms with Crippen LogP contribution in [0.1, 0.15) is 19.5 Å². The van der Waals surface area contributed by atoms with Crippen LogP contribution in [0.15, 0.2) is 47.4 Å². The molecule has 3 heterocycles. The fourth-order valence-electron chi connectivity index (χ4n) is 3.38. The molecule has 1 aromatic heterocycles. The van der Waals surface area contributed by atoms with Crippen LogP contribution in [0.5, 0.6) is 6.01 Å². The molecule has 1 aromatic rings. The highest BCUT2D eigenvalue weighted by Gasteiger charge is 2.26. The van der Waals surface area contributed by atoms with Gasteiger partial charge in [0.2, 0.25) is 0 Å². The van der Waals surface area contributed by atoms with Crippen LogP contribution < -0.4 is 20.4 Å². The second-order valence-corrected chi connectivity index (χ2v) is 8.09. The Bertz CT molecular complexity index is 868. The smallest absolute Gasteiger partial charge is 0.319 e. The van der Waals surface area contributed by atoms with Crippen molar-refractivity contribution in [2.24, 2.45) is 11.0 Å². The van der Waals surface area contributed by atoms with Crippen molar-refractivity contribution >= 4 is 12.0 Å². The van der Waals surface area contributed by atoms with E-state index in [9.17, 15) is 5.11 Å². The highest BCUT2D eigenvalue weighted by molar-refractivity contribution is 5.78. The van der Waals surface area contributed by atoms with Crippen LogP contribution in [-0.2, 0) is 4.74 Å². The van der Waals surface area contributed by atoms with Gasteiger partial charge in [-0.15, -0.1) is 0 Å². The molecule has 1 aliphatic carbocycles. The molecule has 0 spiro atoms. The van der Waals surface area contributed by atoms with E-state index in [4.69, 9.17) is 9.47 Å². The number of fused-ring (bicyclic) bond motifs is 1. The van der Waals surface area contributed by atoms with Gasteiger partial charge >= 0.3 is 6.01 Å². The van der Waals surface area contributed by atoms with E-state index >= 15 is 0 Å². The SMILES string of the molecule is CC(C)(O)COc1nc(/C=N/NC2=CNC3C=CC=CC23)cc(N2CCOCC2)n1.